The molecule has 88 valence electrons. The third-order valence-electron chi connectivity index (χ3n) is 3.03. The van der Waals surface area contributed by atoms with Gasteiger partial charge in [-0.15, -0.1) is 0 Å². The molecule has 1 fully saturated rings. The van der Waals surface area contributed by atoms with Gasteiger partial charge in [0.1, 0.15) is 0 Å². The third-order valence-corrected chi connectivity index (χ3v) is 3.03. The quantitative estimate of drug-likeness (QED) is 0.798. The number of carbonyl (C=O) groups excluding carboxylic acids is 1. The predicted octanol–water partition coefficient (Wildman–Crippen LogP) is 2.31. The van der Waals surface area contributed by atoms with Crippen LogP contribution in [0.25, 0.3) is 0 Å². The Morgan fingerprint density at radius 3 is 2.00 bits per heavy atom. The van der Waals surface area contributed by atoms with Crippen molar-refractivity contribution in [1.29, 1.82) is 0 Å². The predicted molar refractivity (Wildman–Crippen MR) is 48.2 cm³/mol. The molecule has 0 heterocycles. The lowest BCUT2D eigenvalue weighted by Gasteiger charge is -2.41. The molecule has 1 N–H and O–H groups in total. The van der Waals surface area contributed by atoms with Gasteiger partial charge in [0.05, 0.1) is 0 Å². The van der Waals surface area contributed by atoms with Gasteiger partial charge in [-0.25, -0.2) is 0 Å². The van der Waals surface area contributed by atoms with Gasteiger partial charge in [-0.05, 0) is 12.8 Å². The number of aliphatic hydroxyl groups is 1. The first-order valence-corrected chi connectivity index (χ1v) is 5.04. The Morgan fingerprint density at radius 2 is 1.80 bits per heavy atom. The van der Waals surface area contributed by atoms with Crippen LogP contribution in [0.15, 0.2) is 0 Å². The van der Waals surface area contributed by atoms with E-state index in [0.29, 0.717) is 6.42 Å². The normalized spacial score (nSPS) is 22.3. The fourth-order valence-corrected chi connectivity index (χ4v) is 1.84. The van der Waals surface area contributed by atoms with E-state index in [1.165, 1.54) is 13.8 Å². The molecular formula is C10H15F3O2. The van der Waals surface area contributed by atoms with E-state index in [9.17, 15) is 23.1 Å². The van der Waals surface area contributed by atoms with Gasteiger partial charge >= 0.3 is 6.18 Å². The van der Waals surface area contributed by atoms with Crippen LogP contribution in [-0.2, 0) is 4.79 Å². The molecule has 0 radical (unpaired) electrons. The minimum Gasteiger partial charge on any atom is -0.374 e. The summed E-state index contributed by atoms with van der Waals surface area (Å²) in [7, 11) is 0. The van der Waals surface area contributed by atoms with Crippen molar-refractivity contribution < 1.29 is 23.1 Å². The number of carbonyl (C=O) groups is 1. The first-order chi connectivity index (χ1) is 6.71. The van der Waals surface area contributed by atoms with E-state index in [0.717, 1.165) is 0 Å². The summed E-state index contributed by atoms with van der Waals surface area (Å²) in [6.07, 6.45) is -3.67. The molecule has 0 spiro atoms. The zero-order valence-electron chi connectivity index (χ0n) is 8.77. The summed E-state index contributed by atoms with van der Waals surface area (Å²) in [5.74, 6) is -2.87. The Bertz CT molecular complexity index is 256. The van der Waals surface area contributed by atoms with Gasteiger partial charge < -0.3 is 5.11 Å². The number of rotatable bonds is 3. The molecule has 1 atom stereocenters. The maximum absolute atomic E-state index is 12.7. The van der Waals surface area contributed by atoms with Crippen molar-refractivity contribution in [3.8, 4) is 0 Å². The van der Waals surface area contributed by atoms with Crippen LogP contribution in [0.3, 0.4) is 0 Å². The molecular weight excluding hydrogens is 209 g/mol. The third kappa shape index (κ3) is 1.89. The highest BCUT2D eigenvalue weighted by Gasteiger charge is 2.64. The highest BCUT2D eigenvalue weighted by molar-refractivity contribution is 5.90. The van der Waals surface area contributed by atoms with E-state index < -0.39 is 29.4 Å². The SMILES string of the molecule is CC(C)C(=O)C(O)(C1CCC1)C(F)(F)F. The van der Waals surface area contributed by atoms with E-state index in [2.05, 4.69) is 0 Å². The smallest absolute Gasteiger partial charge is 0.374 e. The van der Waals surface area contributed by atoms with Gasteiger partial charge in [0.25, 0.3) is 0 Å². The van der Waals surface area contributed by atoms with Crippen LogP contribution < -0.4 is 0 Å². The molecule has 0 aromatic rings. The summed E-state index contributed by atoms with van der Waals surface area (Å²) in [4.78, 5) is 11.5. The minimum atomic E-state index is -4.86. The van der Waals surface area contributed by atoms with E-state index in [1.807, 2.05) is 0 Å². The van der Waals surface area contributed by atoms with Gasteiger partial charge in [0.2, 0.25) is 5.60 Å². The Balaban J connectivity index is 3.00. The Hall–Kier alpha value is -0.580. The van der Waals surface area contributed by atoms with Crippen molar-refractivity contribution >= 4 is 5.78 Å². The second kappa shape index (κ2) is 3.77. The van der Waals surface area contributed by atoms with Crippen molar-refractivity contribution in [2.45, 2.75) is 44.9 Å². The zero-order valence-corrected chi connectivity index (χ0v) is 8.77. The molecule has 0 saturated heterocycles. The maximum atomic E-state index is 12.7. The van der Waals surface area contributed by atoms with Crippen molar-refractivity contribution in [2.24, 2.45) is 11.8 Å². The average Bonchev–Trinajstić information content (AvgIpc) is 1.96. The van der Waals surface area contributed by atoms with Gasteiger partial charge in [0, 0.05) is 11.8 Å². The van der Waals surface area contributed by atoms with E-state index >= 15 is 0 Å². The van der Waals surface area contributed by atoms with E-state index in [4.69, 9.17) is 0 Å². The van der Waals surface area contributed by atoms with Crippen LogP contribution in [-0.4, -0.2) is 22.7 Å². The number of hydrogen-bond acceptors (Lipinski definition) is 2. The fraction of sp³-hybridized carbons (Fsp3) is 0.900. The fourth-order valence-electron chi connectivity index (χ4n) is 1.84. The van der Waals surface area contributed by atoms with Gasteiger partial charge in [-0.2, -0.15) is 13.2 Å². The molecule has 0 bridgehead atoms. The number of alkyl halides is 3. The van der Waals surface area contributed by atoms with Crippen molar-refractivity contribution in [3.63, 3.8) is 0 Å². The molecule has 0 aliphatic heterocycles. The van der Waals surface area contributed by atoms with Crippen LogP contribution in [0.2, 0.25) is 0 Å². The molecule has 2 nitrogen and oxygen atoms in total. The summed E-state index contributed by atoms with van der Waals surface area (Å²) in [6.45, 7) is 2.75. The highest BCUT2D eigenvalue weighted by Crippen LogP contribution is 2.46. The molecule has 1 aliphatic carbocycles. The lowest BCUT2D eigenvalue weighted by molar-refractivity contribution is -0.275. The maximum Gasteiger partial charge on any atom is 0.424 e. The Kier molecular flexibility index (Phi) is 3.14. The lowest BCUT2D eigenvalue weighted by Crippen LogP contribution is -2.60. The summed E-state index contributed by atoms with van der Waals surface area (Å²) in [6, 6.07) is 0. The summed E-state index contributed by atoms with van der Waals surface area (Å²) >= 11 is 0. The summed E-state index contributed by atoms with van der Waals surface area (Å²) < 4.78 is 38.1. The topological polar surface area (TPSA) is 37.3 Å². The van der Waals surface area contributed by atoms with E-state index in [-0.39, 0.29) is 12.8 Å². The van der Waals surface area contributed by atoms with Crippen molar-refractivity contribution in [2.75, 3.05) is 0 Å². The molecule has 1 saturated carbocycles. The number of ketones is 1. The zero-order chi connectivity index (χ0) is 11.9. The molecule has 0 amide bonds. The molecule has 1 unspecified atom stereocenters. The van der Waals surface area contributed by atoms with Gasteiger partial charge in [0.15, 0.2) is 5.78 Å². The Morgan fingerprint density at radius 1 is 1.33 bits per heavy atom. The molecule has 1 rings (SSSR count). The van der Waals surface area contributed by atoms with Crippen molar-refractivity contribution in [3.05, 3.63) is 0 Å². The van der Waals surface area contributed by atoms with Crippen molar-refractivity contribution in [1.82, 2.24) is 0 Å². The average molecular weight is 224 g/mol. The molecule has 15 heavy (non-hydrogen) atoms. The second-order valence-corrected chi connectivity index (χ2v) is 4.41. The van der Waals surface area contributed by atoms with Crippen LogP contribution in [0, 0.1) is 11.8 Å². The van der Waals surface area contributed by atoms with E-state index in [1.54, 1.807) is 0 Å². The second-order valence-electron chi connectivity index (χ2n) is 4.41. The highest BCUT2D eigenvalue weighted by atomic mass is 19.4. The first kappa shape index (κ1) is 12.5. The molecule has 5 heteroatoms. The van der Waals surface area contributed by atoms with Gasteiger partial charge in [-0.3, -0.25) is 4.79 Å². The number of halogens is 3. The van der Waals surface area contributed by atoms with Crippen LogP contribution >= 0.6 is 0 Å². The summed E-state index contributed by atoms with van der Waals surface area (Å²) in [5, 5.41) is 9.63. The van der Waals surface area contributed by atoms with Crippen LogP contribution in [0.1, 0.15) is 33.1 Å². The van der Waals surface area contributed by atoms with Crippen LogP contribution in [0.4, 0.5) is 13.2 Å². The first-order valence-electron chi connectivity index (χ1n) is 5.04. The van der Waals surface area contributed by atoms with Crippen LogP contribution in [0.5, 0.6) is 0 Å². The largest absolute Gasteiger partial charge is 0.424 e. The minimum absolute atomic E-state index is 0.272. The number of Topliss-reactive ketones (excluding diaryl/α,β-unsaturated/α-hetero) is 1. The summed E-state index contributed by atoms with van der Waals surface area (Å²) in [5.41, 5.74) is -3.13. The standard InChI is InChI=1S/C10H15F3O2/c1-6(2)8(14)9(15,10(11,12)13)7-4-3-5-7/h6-7,15H,3-5H2,1-2H3. The monoisotopic (exact) mass is 224 g/mol. The lowest BCUT2D eigenvalue weighted by atomic mass is 9.68. The Labute approximate surface area is 86.5 Å². The van der Waals surface area contributed by atoms with Gasteiger partial charge in [-0.1, -0.05) is 20.3 Å². The molecule has 0 aromatic heterocycles. The molecule has 0 aromatic carbocycles. The number of hydrogen-bond donors (Lipinski definition) is 1. The molecule has 1 aliphatic rings.